The molecule has 0 radical (unpaired) electrons. The molecule has 6 heteroatoms. The van der Waals surface area contributed by atoms with Gasteiger partial charge in [0.1, 0.15) is 0 Å². The largest absolute Gasteiger partial charge is 0.395 e. The van der Waals surface area contributed by atoms with Crippen molar-refractivity contribution in [2.75, 3.05) is 13.2 Å². The minimum Gasteiger partial charge on any atom is -0.395 e. The standard InChI is InChI=1S/C14H21ClN2O3/c1-3-12(4-2)16(7-8-18)10-11-9-13(17(19)20)5-6-14(11)15/h5-6,9,12,18H,3-4,7-8,10H2,1-2H3. The first-order valence-electron chi connectivity index (χ1n) is 6.81. The molecular formula is C14H21ClN2O3. The third kappa shape index (κ3) is 4.44. The van der Waals surface area contributed by atoms with E-state index >= 15 is 0 Å². The summed E-state index contributed by atoms with van der Waals surface area (Å²) in [7, 11) is 0. The lowest BCUT2D eigenvalue weighted by Crippen LogP contribution is -2.36. The van der Waals surface area contributed by atoms with Gasteiger partial charge in [0.2, 0.25) is 0 Å². The molecule has 0 spiro atoms. The second kappa shape index (κ2) is 8.19. The summed E-state index contributed by atoms with van der Waals surface area (Å²) in [5.74, 6) is 0. The van der Waals surface area contributed by atoms with Crippen molar-refractivity contribution < 1.29 is 10.0 Å². The van der Waals surface area contributed by atoms with E-state index < -0.39 is 4.92 Å². The van der Waals surface area contributed by atoms with Crippen LogP contribution in [0, 0.1) is 10.1 Å². The predicted molar refractivity (Wildman–Crippen MR) is 80.0 cm³/mol. The fourth-order valence-electron chi connectivity index (χ4n) is 2.34. The minimum absolute atomic E-state index is 0.0397. The van der Waals surface area contributed by atoms with Crippen molar-refractivity contribution in [1.29, 1.82) is 0 Å². The molecule has 0 saturated heterocycles. The van der Waals surface area contributed by atoms with Gasteiger partial charge < -0.3 is 5.11 Å². The fourth-order valence-corrected chi connectivity index (χ4v) is 2.52. The lowest BCUT2D eigenvalue weighted by atomic mass is 10.1. The number of benzene rings is 1. The van der Waals surface area contributed by atoms with Crippen molar-refractivity contribution in [2.45, 2.75) is 39.3 Å². The summed E-state index contributed by atoms with van der Waals surface area (Å²) in [6.45, 7) is 5.28. The van der Waals surface area contributed by atoms with Crippen LogP contribution in [-0.4, -0.2) is 34.1 Å². The van der Waals surface area contributed by atoms with E-state index in [0.29, 0.717) is 24.2 Å². The quantitative estimate of drug-likeness (QED) is 0.591. The number of nitrogens with zero attached hydrogens (tertiary/aromatic N) is 2. The Morgan fingerprint density at radius 3 is 2.55 bits per heavy atom. The highest BCUT2D eigenvalue weighted by Gasteiger charge is 2.18. The number of nitro groups is 1. The van der Waals surface area contributed by atoms with E-state index in [2.05, 4.69) is 18.7 Å². The van der Waals surface area contributed by atoms with Crippen LogP contribution >= 0.6 is 11.6 Å². The van der Waals surface area contributed by atoms with Gasteiger partial charge in [0.25, 0.3) is 5.69 Å². The molecule has 0 aliphatic rings. The van der Waals surface area contributed by atoms with E-state index in [-0.39, 0.29) is 12.3 Å². The van der Waals surface area contributed by atoms with Crippen LogP contribution in [0.1, 0.15) is 32.3 Å². The summed E-state index contributed by atoms with van der Waals surface area (Å²) >= 11 is 6.12. The molecule has 0 atom stereocenters. The van der Waals surface area contributed by atoms with E-state index in [1.54, 1.807) is 6.07 Å². The zero-order valence-electron chi connectivity index (χ0n) is 11.9. The minimum atomic E-state index is -0.423. The second-order valence-corrected chi connectivity index (χ2v) is 5.10. The Morgan fingerprint density at radius 2 is 2.05 bits per heavy atom. The van der Waals surface area contributed by atoms with Crippen molar-refractivity contribution in [1.82, 2.24) is 4.90 Å². The molecule has 0 aromatic heterocycles. The summed E-state index contributed by atoms with van der Waals surface area (Å²) < 4.78 is 0. The van der Waals surface area contributed by atoms with Crippen molar-refractivity contribution in [3.63, 3.8) is 0 Å². The van der Waals surface area contributed by atoms with Gasteiger partial charge in [-0.05, 0) is 24.5 Å². The number of hydrogen-bond acceptors (Lipinski definition) is 4. The van der Waals surface area contributed by atoms with Crippen molar-refractivity contribution in [3.8, 4) is 0 Å². The highest BCUT2D eigenvalue weighted by Crippen LogP contribution is 2.24. The van der Waals surface area contributed by atoms with Crippen molar-refractivity contribution >= 4 is 17.3 Å². The Balaban J connectivity index is 2.97. The monoisotopic (exact) mass is 300 g/mol. The molecule has 112 valence electrons. The Labute approximate surface area is 124 Å². The smallest absolute Gasteiger partial charge is 0.269 e. The molecule has 0 unspecified atom stereocenters. The predicted octanol–water partition coefficient (Wildman–Crippen LogP) is 3.23. The first kappa shape index (κ1) is 16.9. The zero-order chi connectivity index (χ0) is 15.1. The maximum atomic E-state index is 10.8. The van der Waals surface area contributed by atoms with Crippen LogP contribution in [0.2, 0.25) is 5.02 Å². The summed E-state index contributed by atoms with van der Waals surface area (Å²) in [4.78, 5) is 12.5. The molecule has 0 aliphatic heterocycles. The SMILES string of the molecule is CCC(CC)N(CCO)Cc1cc([N+](=O)[O-])ccc1Cl. The van der Waals surface area contributed by atoms with E-state index in [4.69, 9.17) is 11.6 Å². The van der Waals surface area contributed by atoms with Gasteiger partial charge in [-0.3, -0.25) is 15.0 Å². The average molecular weight is 301 g/mol. The number of rotatable bonds is 8. The maximum Gasteiger partial charge on any atom is 0.269 e. The second-order valence-electron chi connectivity index (χ2n) is 4.70. The lowest BCUT2D eigenvalue weighted by Gasteiger charge is -2.30. The van der Waals surface area contributed by atoms with E-state index in [1.165, 1.54) is 12.1 Å². The Morgan fingerprint density at radius 1 is 1.40 bits per heavy atom. The van der Waals surface area contributed by atoms with Crippen LogP contribution in [0.3, 0.4) is 0 Å². The molecule has 0 saturated carbocycles. The van der Waals surface area contributed by atoms with Crippen LogP contribution in [0.5, 0.6) is 0 Å². The summed E-state index contributed by atoms with van der Waals surface area (Å²) in [6, 6.07) is 4.80. The van der Waals surface area contributed by atoms with Gasteiger partial charge in [0.05, 0.1) is 11.5 Å². The molecule has 1 N–H and O–H groups in total. The number of aliphatic hydroxyl groups excluding tert-OH is 1. The number of hydrogen-bond donors (Lipinski definition) is 1. The number of aliphatic hydroxyl groups is 1. The maximum absolute atomic E-state index is 10.8. The number of non-ortho nitro benzene ring substituents is 1. The van der Waals surface area contributed by atoms with Crippen LogP contribution in [0.25, 0.3) is 0 Å². The highest BCUT2D eigenvalue weighted by molar-refractivity contribution is 6.31. The fraction of sp³-hybridized carbons (Fsp3) is 0.571. The molecule has 0 amide bonds. The molecule has 0 fully saturated rings. The van der Waals surface area contributed by atoms with Gasteiger partial charge in [-0.1, -0.05) is 25.4 Å². The third-order valence-corrected chi connectivity index (χ3v) is 3.83. The molecule has 1 rings (SSSR count). The van der Waals surface area contributed by atoms with Crippen LogP contribution in [0.4, 0.5) is 5.69 Å². The highest BCUT2D eigenvalue weighted by atomic mass is 35.5. The van der Waals surface area contributed by atoms with Crippen molar-refractivity contribution in [2.24, 2.45) is 0 Å². The summed E-state index contributed by atoms with van der Waals surface area (Å²) in [5, 5.41) is 20.5. The van der Waals surface area contributed by atoms with E-state index in [9.17, 15) is 15.2 Å². The molecule has 0 aliphatic carbocycles. The molecule has 1 aromatic rings. The van der Waals surface area contributed by atoms with Gasteiger partial charge in [-0.2, -0.15) is 0 Å². The lowest BCUT2D eigenvalue weighted by molar-refractivity contribution is -0.384. The zero-order valence-corrected chi connectivity index (χ0v) is 12.6. The summed E-state index contributed by atoms with van der Waals surface area (Å²) in [5.41, 5.74) is 0.763. The van der Waals surface area contributed by atoms with Gasteiger partial charge >= 0.3 is 0 Å². The Kier molecular flexibility index (Phi) is 6.91. The van der Waals surface area contributed by atoms with Gasteiger partial charge in [0, 0.05) is 36.3 Å². The van der Waals surface area contributed by atoms with Crippen LogP contribution in [0.15, 0.2) is 18.2 Å². The molecule has 0 heterocycles. The molecular weight excluding hydrogens is 280 g/mol. The molecule has 20 heavy (non-hydrogen) atoms. The summed E-state index contributed by atoms with van der Waals surface area (Å²) in [6.07, 6.45) is 1.92. The first-order valence-corrected chi connectivity index (χ1v) is 7.18. The average Bonchev–Trinajstić information content (AvgIpc) is 2.42. The van der Waals surface area contributed by atoms with Crippen molar-refractivity contribution in [3.05, 3.63) is 38.9 Å². The molecule has 5 nitrogen and oxygen atoms in total. The van der Waals surface area contributed by atoms with Gasteiger partial charge in [-0.15, -0.1) is 0 Å². The third-order valence-electron chi connectivity index (χ3n) is 3.46. The Bertz CT molecular complexity index is 450. The topological polar surface area (TPSA) is 66.6 Å². The Hall–Kier alpha value is -1.17. The molecule has 0 bridgehead atoms. The van der Waals surface area contributed by atoms with Crippen LogP contribution in [-0.2, 0) is 6.54 Å². The van der Waals surface area contributed by atoms with Gasteiger partial charge in [0.15, 0.2) is 0 Å². The van der Waals surface area contributed by atoms with E-state index in [0.717, 1.165) is 18.4 Å². The van der Waals surface area contributed by atoms with E-state index in [1.807, 2.05) is 0 Å². The molecule has 1 aromatic carbocycles. The number of nitro benzene ring substituents is 1. The van der Waals surface area contributed by atoms with Crippen LogP contribution < -0.4 is 0 Å². The normalized spacial score (nSPS) is 11.3. The number of halogens is 1. The first-order chi connectivity index (χ1) is 9.53. The van der Waals surface area contributed by atoms with Gasteiger partial charge in [-0.25, -0.2) is 0 Å².